The molecule has 0 aliphatic carbocycles. The van der Waals surface area contributed by atoms with Gasteiger partial charge in [-0.15, -0.1) is 0 Å². The molecule has 2 heterocycles. The van der Waals surface area contributed by atoms with Gasteiger partial charge in [-0.2, -0.15) is 4.99 Å². The number of hydrogen-bond donors (Lipinski definition) is 0. The molecule has 1 aromatic carbocycles. The number of nitrogens with zero attached hydrogens (tertiary/aromatic N) is 3. The molecule has 0 fully saturated rings. The number of amides is 1. The fourth-order valence-electron chi connectivity index (χ4n) is 2.19. The first-order chi connectivity index (χ1) is 11.0. The molecule has 0 aliphatic rings. The quantitative estimate of drug-likeness (QED) is 0.545. The van der Waals surface area contributed by atoms with E-state index in [0.29, 0.717) is 4.80 Å². The van der Waals surface area contributed by atoms with E-state index in [1.165, 1.54) is 23.0 Å². The maximum absolute atomic E-state index is 12.1. The van der Waals surface area contributed by atoms with E-state index in [1.54, 1.807) is 0 Å². The van der Waals surface area contributed by atoms with Crippen molar-refractivity contribution in [1.82, 2.24) is 4.57 Å². The first-order valence-corrected chi connectivity index (χ1v) is 7.73. The van der Waals surface area contributed by atoms with Crippen LogP contribution < -0.4 is 4.80 Å². The van der Waals surface area contributed by atoms with Crippen LogP contribution in [0.5, 0.6) is 0 Å². The molecule has 2 aromatic heterocycles. The zero-order valence-electron chi connectivity index (χ0n) is 12.5. The highest BCUT2D eigenvalue weighted by atomic mass is 32.1. The van der Waals surface area contributed by atoms with Crippen molar-refractivity contribution >= 4 is 33.3 Å². The Morgan fingerprint density at radius 2 is 2.17 bits per heavy atom. The normalized spacial score (nSPS) is 12.0. The summed E-state index contributed by atoms with van der Waals surface area (Å²) in [7, 11) is 1.82. The fourth-order valence-corrected chi connectivity index (χ4v) is 3.27. The van der Waals surface area contributed by atoms with Crippen molar-refractivity contribution in [3.05, 3.63) is 56.6 Å². The highest BCUT2D eigenvalue weighted by molar-refractivity contribution is 7.16. The third kappa shape index (κ3) is 2.80. The lowest BCUT2D eigenvalue weighted by Gasteiger charge is -1.97. The van der Waals surface area contributed by atoms with Gasteiger partial charge >= 0.3 is 11.8 Å². The lowest BCUT2D eigenvalue weighted by molar-refractivity contribution is -0.402. The van der Waals surface area contributed by atoms with Crippen molar-refractivity contribution in [2.75, 3.05) is 0 Å². The van der Waals surface area contributed by atoms with E-state index in [4.69, 9.17) is 4.42 Å². The molecule has 0 radical (unpaired) electrons. The largest absolute Gasteiger partial charge is 0.433 e. The van der Waals surface area contributed by atoms with E-state index in [2.05, 4.69) is 18.0 Å². The molecule has 0 saturated carbocycles. The Hall–Kier alpha value is -2.74. The van der Waals surface area contributed by atoms with Crippen molar-refractivity contribution in [2.24, 2.45) is 12.0 Å². The third-order valence-corrected chi connectivity index (χ3v) is 4.56. The summed E-state index contributed by atoms with van der Waals surface area (Å²) in [5.41, 5.74) is 2.18. The zero-order valence-corrected chi connectivity index (χ0v) is 13.3. The van der Waals surface area contributed by atoms with Crippen LogP contribution in [0.25, 0.3) is 10.2 Å². The van der Waals surface area contributed by atoms with Crippen LogP contribution in [0, 0.1) is 10.1 Å². The van der Waals surface area contributed by atoms with Crippen molar-refractivity contribution in [3.8, 4) is 0 Å². The molecule has 1 amide bonds. The number of hydrogen-bond acceptors (Lipinski definition) is 5. The van der Waals surface area contributed by atoms with E-state index < -0.39 is 16.7 Å². The molecule has 0 spiro atoms. The van der Waals surface area contributed by atoms with E-state index >= 15 is 0 Å². The minimum atomic E-state index is -0.692. The van der Waals surface area contributed by atoms with Gasteiger partial charge in [-0.3, -0.25) is 14.9 Å². The van der Waals surface area contributed by atoms with Gasteiger partial charge in [0, 0.05) is 7.05 Å². The number of benzene rings is 1. The van der Waals surface area contributed by atoms with E-state index in [-0.39, 0.29) is 5.76 Å². The fraction of sp³-hybridized carbons (Fsp3) is 0.200. The predicted molar refractivity (Wildman–Crippen MR) is 85.4 cm³/mol. The standard InChI is InChI=1S/C15H13N3O4S/c1-3-9-4-5-10-12(8-9)23-15(17(10)2)16-14(19)11-6-7-13(22-11)18(20)21/h4-8H,3H2,1-2H3. The molecular weight excluding hydrogens is 318 g/mol. The Bertz CT molecular complexity index is 980. The van der Waals surface area contributed by atoms with Crippen LogP contribution in [0.2, 0.25) is 0 Å². The summed E-state index contributed by atoms with van der Waals surface area (Å²) in [6.45, 7) is 2.08. The molecule has 7 nitrogen and oxygen atoms in total. The number of carbonyl (C=O) groups is 1. The summed E-state index contributed by atoms with van der Waals surface area (Å²) in [6.07, 6.45) is 0.930. The van der Waals surface area contributed by atoms with Crippen LogP contribution in [-0.2, 0) is 13.5 Å². The summed E-state index contributed by atoms with van der Waals surface area (Å²) < 4.78 is 7.73. The topological polar surface area (TPSA) is 90.6 Å². The molecule has 0 aliphatic heterocycles. The summed E-state index contributed by atoms with van der Waals surface area (Å²) in [5.74, 6) is -1.27. The van der Waals surface area contributed by atoms with Gasteiger partial charge < -0.3 is 8.98 Å². The van der Waals surface area contributed by atoms with Gasteiger partial charge in [0.25, 0.3) is 0 Å². The Morgan fingerprint density at radius 1 is 1.39 bits per heavy atom. The minimum absolute atomic E-state index is 0.150. The Morgan fingerprint density at radius 3 is 2.83 bits per heavy atom. The molecule has 3 rings (SSSR count). The number of carbonyl (C=O) groups excluding carboxylic acids is 1. The van der Waals surface area contributed by atoms with Crippen molar-refractivity contribution in [1.29, 1.82) is 0 Å². The molecular formula is C15H13N3O4S. The monoisotopic (exact) mass is 331 g/mol. The Balaban J connectivity index is 2.04. The Labute approximate surface area is 134 Å². The van der Waals surface area contributed by atoms with Gasteiger partial charge in [-0.25, -0.2) is 0 Å². The van der Waals surface area contributed by atoms with Crippen molar-refractivity contribution < 1.29 is 14.1 Å². The second-order valence-electron chi connectivity index (χ2n) is 4.91. The van der Waals surface area contributed by atoms with E-state index in [9.17, 15) is 14.9 Å². The summed E-state index contributed by atoms with van der Waals surface area (Å²) in [4.78, 5) is 26.5. The first kappa shape index (κ1) is 15.2. The van der Waals surface area contributed by atoms with Gasteiger partial charge in [-0.05, 0) is 30.2 Å². The third-order valence-electron chi connectivity index (χ3n) is 3.46. The second-order valence-corrected chi connectivity index (χ2v) is 5.92. The molecule has 23 heavy (non-hydrogen) atoms. The van der Waals surface area contributed by atoms with Gasteiger partial charge in [0.15, 0.2) is 4.80 Å². The van der Waals surface area contributed by atoms with Crippen LogP contribution in [-0.4, -0.2) is 15.4 Å². The van der Waals surface area contributed by atoms with Crippen LogP contribution in [0.15, 0.2) is 39.7 Å². The van der Waals surface area contributed by atoms with Gasteiger partial charge in [0.2, 0.25) is 5.76 Å². The molecule has 0 bridgehead atoms. The molecule has 118 valence electrons. The molecule has 0 atom stereocenters. The maximum Gasteiger partial charge on any atom is 0.433 e. The second kappa shape index (κ2) is 5.81. The average molecular weight is 331 g/mol. The SMILES string of the molecule is CCc1ccc2c(c1)sc(=NC(=O)c1ccc([N+](=O)[O-])o1)n2C. The van der Waals surface area contributed by atoms with Gasteiger partial charge in [0.05, 0.1) is 16.3 Å². The molecule has 0 saturated heterocycles. The smallest absolute Gasteiger partial charge is 0.395 e. The number of furan rings is 1. The minimum Gasteiger partial charge on any atom is -0.395 e. The molecule has 0 unspecified atom stereocenters. The number of thiazole rings is 1. The lowest BCUT2D eigenvalue weighted by Crippen LogP contribution is -2.13. The lowest BCUT2D eigenvalue weighted by atomic mass is 10.2. The Kier molecular flexibility index (Phi) is 3.83. The average Bonchev–Trinajstić information content (AvgIpc) is 3.13. The molecule has 3 aromatic rings. The molecule has 8 heteroatoms. The maximum atomic E-state index is 12.1. The van der Waals surface area contributed by atoms with Gasteiger partial charge in [-0.1, -0.05) is 24.3 Å². The molecule has 0 N–H and O–H groups in total. The van der Waals surface area contributed by atoms with Crippen LogP contribution >= 0.6 is 11.3 Å². The number of aryl methyl sites for hydroxylation is 2. The summed E-state index contributed by atoms with van der Waals surface area (Å²) >= 11 is 1.39. The predicted octanol–water partition coefficient (Wildman–Crippen LogP) is 3.04. The number of fused-ring (bicyclic) bond motifs is 1. The van der Waals surface area contributed by atoms with E-state index in [0.717, 1.165) is 22.7 Å². The van der Waals surface area contributed by atoms with Gasteiger partial charge in [0.1, 0.15) is 4.92 Å². The first-order valence-electron chi connectivity index (χ1n) is 6.91. The van der Waals surface area contributed by atoms with Crippen molar-refractivity contribution in [3.63, 3.8) is 0 Å². The highest BCUT2D eigenvalue weighted by Gasteiger charge is 2.17. The van der Waals surface area contributed by atoms with Crippen LogP contribution in [0.3, 0.4) is 0 Å². The van der Waals surface area contributed by atoms with E-state index in [1.807, 2.05) is 23.7 Å². The summed E-state index contributed by atoms with van der Waals surface area (Å²) in [6, 6.07) is 8.50. The van der Waals surface area contributed by atoms with Crippen LogP contribution in [0.4, 0.5) is 5.88 Å². The number of rotatable bonds is 3. The zero-order chi connectivity index (χ0) is 16.6. The number of nitro groups is 1. The van der Waals surface area contributed by atoms with Crippen LogP contribution in [0.1, 0.15) is 23.0 Å². The number of aromatic nitrogens is 1. The van der Waals surface area contributed by atoms with Crippen molar-refractivity contribution in [2.45, 2.75) is 13.3 Å². The highest BCUT2D eigenvalue weighted by Crippen LogP contribution is 2.19. The summed E-state index contributed by atoms with van der Waals surface area (Å²) in [5, 5.41) is 10.6.